The van der Waals surface area contributed by atoms with Crippen molar-refractivity contribution < 1.29 is 4.52 Å². The Morgan fingerprint density at radius 1 is 1.35 bits per heavy atom. The van der Waals surface area contributed by atoms with Gasteiger partial charge in [-0.15, -0.1) is 11.8 Å². The number of nitrogen functional groups attached to an aromatic ring is 1. The second-order valence-electron chi connectivity index (χ2n) is 4.80. The fourth-order valence-electron chi connectivity index (χ4n) is 1.98. The molecule has 2 aromatic heterocycles. The molecule has 7 heteroatoms. The maximum absolute atomic E-state index is 5.67. The lowest BCUT2D eigenvalue weighted by molar-refractivity contribution is 0.423. The van der Waals surface area contributed by atoms with Crippen LogP contribution < -0.4 is 5.73 Å². The number of rotatable bonds is 2. The Morgan fingerprint density at radius 3 is 2.95 bits per heavy atom. The predicted octanol–water partition coefficient (Wildman–Crippen LogP) is 3.01. The van der Waals surface area contributed by atoms with E-state index in [0.29, 0.717) is 27.5 Å². The van der Waals surface area contributed by atoms with Gasteiger partial charge in [0.15, 0.2) is 5.82 Å². The Bertz CT molecular complexity index is 604. The van der Waals surface area contributed by atoms with Crippen molar-refractivity contribution in [2.75, 3.05) is 11.5 Å². The van der Waals surface area contributed by atoms with Crippen LogP contribution in [-0.2, 0) is 0 Å². The standard InChI is InChI=1S/C13H16N4OS2/c1-7-8(2)20-10(6-19-7)12-16-13(18-17-12)9-3-4-15-11(14)5-9/h3-5,7-8,10H,6H2,1-2H3,(H2,14,15). The number of thioether (sulfide) groups is 2. The Balaban J connectivity index is 1.80. The molecule has 0 bridgehead atoms. The van der Waals surface area contributed by atoms with Crippen LogP contribution in [0.3, 0.4) is 0 Å². The molecule has 3 heterocycles. The molecule has 106 valence electrons. The summed E-state index contributed by atoms with van der Waals surface area (Å²) in [7, 11) is 0. The topological polar surface area (TPSA) is 77.8 Å². The maximum atomic E-state index is 5.67. The summed E-state index contributed by atoms with van der Waals surface area (Å²) in [5, 5.41) is 5.68. The SMILES string of the molecule is CC1SCC(c2noc(-c3ccnc(N)c3)n2)SC1C. The summed E-state index contributed by atoms with van der Waals surface area (Å²) in [6, 6.07) is 3.56. The summed E-state index contributed by atoms with van der Waals surface area (Å²) in [6.07, 6.45) is 1.64. The Labute approximate surface area is 126 Å². The molecule has 3 rings (SSSR count). The van der Waals surface area contributed by atoms with Gasteiger partial charge in [0.25, 0.3) is 5.89 Å². The molecule has 20 heavy (non-hydrogen) atoms. The Kier molecular flexibility index (Phi) is 3.89. The molecule has 0 aromatic carbocycles. The zero-order valence-corrected chi connectivity index (χ0v) is 12.9. The molecular formula is C13H16N4OS2. The van der Waals surface area contributed by atoms with E-state index in [1.54, 1.807) is 12.3 Å². The van der Waals surface area contributed by atoms with Crippen molar-refractivity contribution in [2.24, 2.45) is 0 Å². The van der Waals surface area contributed by atoms with Gasteiger partial charge >= 0.3 is 0 Å². The molecule has 3 unspecified atom stereocenters. The molecular weight excluding hydrogens is 292 g/mol. The normalized spacial score (nSPS) is 26.6. The first kappa shape index (κ1) is 13.8. The van der Waals surface area contributed by atoms with Crippen LogP contribution >= 0.6 is 23.5 Å². The van der Waals surface area contributed by atoms with Crippen LogP contribution in [0.25, 0.3) is 11.5 Å². The van der Waals surface area contributed by atoms with E-state index >= 15 is 0 Å². The monoisotopic (exact) mass is 308 g/mol. The van der Waals surface area contributed by atoms with Gasteiger partial charge in [-0.1, -0.05) is 19.0 Å². The average Bonchev–Trinajstić information content (AvgIpc) is 2.92. The number of pyridine rings is 1. The summed E-state index contributed by atoms with van der Waals surface area (Å²) >= 11 is 3.88. The number of hydrogen-bond donors (Lipinski definition) is 1. The van der Waals surface area contributed by atoms with Crippen molar-refractivity contribution in [3.8, 4) is 11.5 Å². The van der Waals surface area contributed by atoms with Crippen LogP contribution in [-0.4, -0.2) is 31.4 Å². The van der Waals surface area contributed by atoms with Gasteiger partial charge in [-0.25, -0.2) is 4.98 Å². The van der Waals surface area contributed by atoms with Crippen LogP contribution in [0.1, 0.15) is 24.9 Å². The van der Waals surface area contributed by atoms with E-state index in [1.165, 1.54) is 0 Å². The number of nitrogens with zero attached hydrogens (tertiary/aromatic N) is 3. The van der Waals surface area contributed by atoms with E-state index in [9.17, 15) is 0 Å². The average molecular weight is 308 g/mol. The van der Waals surface area contributed by atoms with Gasteiger partial charge in [0, 0.05) is 28.0 Å². The highest BCUT2D eigenvalue weighted by atomic mass is 32.2. The molecule has 0 radical (unpaired) electrons. The Morgan fingerprint density at radius 2 is 2.20 bits per heavy atom. The van der Waals surface area contributed by atoms with Gasteiger partial charge in [-0.3, -0.25) is 0 Å². The van der Waals surface area contributed by atoms with E-state index in [-0.39, 0.29) is 0 Å². The molecule has 1 fully saturated rings. The smallest absolute Gasteiger partial charge is 0.258 e. The fraction of sp³-hybridized carbons (Fsp3) is 0.462. The zero-order chi connectivity index (χ0) is 14.1. The maximum Gasteiger partial charge on any atom is 0.258 e. The number of hydrogen-bond acceptors (Lipinski definition) is 7. The van der Waals surface area contributed by atoms with Crippen molar-refractivity contribution in [3.63, 3.8) is 0 Å². The third-order valence-electron chi connectivity index (χ3n) is 3.31. The molecule has 0 saturated carbocycles. The van der Waals surface area contributed by atoms with Crippen molar-refractivity contribution >= 4 is 29.3 Å². The molecule has 0 amide bonds. The lowest BCUT2D eigenvalue weighted by Crippen LogP contribution is -2.22. The van der Waals surface area contributed by atoms with Gasteiger partial charge in [-0.05, 0) is 12.1 Å². The second kappa shape index (κ2) is 5.65. The van der Waals surface area contributed by atoms with E-state index in [4.69, 9.17) is 10.3 Å². The van der Waals surface area contributed by atoms with Crippen LogP contribution in [0, 0.1) is 0 Å². The minimum absolute atomic E-state index is 0.294. The van der Waals surface area contributed by atoms with Crippen LogP contribution in [0.4, 0.5) is 5.82 Å². The number of anilines is 1. The lowest BCUT2D eigenvalue weighted by Gasteiger charge is -2.29. The molecule has 1 aliphatic heterocycles. The van der Waals surface area contributed by atoms with Crippen molar-refractivity contribution in [2.45, 2.75) is 29.6 Å². The summed E-state index contributed by atoms with van der Waals surface area (Å²) < 4.78 is 5.35. The first-order chi connectivity index (χ1) is 9.63. The van der Waals surface area contributed by atoms with Crippen molar-refractivity contribution in [3.05, 3.63) is 24.2 Å². The first-order valence-corrected chi connectivity index (χ1v) is 8.45. The van der Waals surface area contributed by atoms with Gasteiger partial charge in [-0.2, -0.15) is 16.7 Å². The minimum atomic E-state index is 0.294. The summed E-state index contributed by atoms with van der Waals surface area (Å²) in [5.41, 5.74) is 6.48. The second-order valence-corrected chi connectivity index (χ2v) is 7.79. The lowest BCUT2D eigenvalue weighted by atomic mass is 10.2. The van der Waals surface area contributed by atoms with E-state index in [1.807, 2.05) is 29.6 Å². The third-order valence-corrected chi connectivity index (χ3v) is 6.69. The highest BCUT2D eigenvalue weighted by Gasteiger charge is 2.29. The summed E-state index contributed by atoms with van der Waals surface area (Å²) in [5.74, 6) is 2.75. The summed E-state index contributed by atoms with van der Waals surface area (Å²) in [6.45, 7) is 4.51. The Hall–Kier alpha value is -1.21. The van der Waals surface area contributed by atoms with Crippen LogP contribution in [0.2, 0.25) is 0 Å². The molecule has 5 nitrogen and oxygen atoms in total. The van der Waals surface area contributed by atoms with E-state index < -0.39 is 0 Å². The number of nitrogens with two attached hydrogens (primary N) is 1. The third kappa shape index (κ3) is 2.78. The van der Waals surface area contributed by atoms with Gasteiger partial charge in [0.1, 0.15) is 5.82 Å². The predicted molar refractivity (Wildman–Crippen MR) is 83.7 cm³/mol. The van der Waals surface area contributed by atoms with Crippen LogP contribution in [0.15, 0.2) is 22.9 Å². The molecule has 3 atom stereocenters. The molecule has 1 aliphatic rings. The zero-order valence-electron chi connectivity index (χ0n) is 11.3. The molecule has 1 saturated heterocycles. The quantitative estimate of drug-likeness (QED) is 0.913. The van der Waals surface area contributed by atoms with Gasteiger partial charge < -0.3 is 10.3 Å². The molecule has 2 aromatic rings. The van der Waals surface area contributed by atoms with Crippen molar-refractivity contribution in [1.29, 1.82) is 0 Å². The highest BCUT2D eigenvalue weighted by molar-refractivity contribution is 8.07. The molecule has 0 spiro atoms. The largest absolute Gasteiger partial charge is 0.384 e. The van der Waals surface area contributed by atoms with Crippen LogP contribution in [0.5, 0.6) is 0 Å². The number of aromatic nitrogens is 3. The molecule has 0 aliphatic carbocycles. The highest BCUT2D eigenvalue weighted by Crippen LogP contribution is 2.43. The van der Waals surface area contributed by atoms with Gasteiger partial charge in [0.2, 0.25) is 0 Å². The minimum Gasteiger partial charge on any atom is -0.384 e. The van der Waals surface area contributed by atoms with E-state index in [0.717, 1.165) is 17.1 Å². The fourth-order valence-corrected chi connectivity index (χ4v) is 4.82. The molecule has 2 N–H and O–H groups in total. The summed E-state index contributed by atoms with van der Waals surface area (Å²) in [4.78, 5) is 8.47. The van der Waals surface area contributed by atoms with E-state index in [2.05, 4.69) is 29.0 Å². The van der Waals surface area contributed by atoms with Gasteiger partial charge in [0.05, 0.1) is 5.25 Å². The first-order valence-electron chi connectivity index (χ1n) is 6.46. The van der Waals surface area contributed by atoms with Crippen molar-refractivity contribution in [1.82, 2.24) is 15.1 Å².